The van der Waals surface area contributed by atoms with Crippen molar-refractivity contribution in [2.45, 2.75) is 58.5 Å². The molecule has 3 heterocycles. The van der Waals surface area contributed by atoms with E-state index in [1.165, 1.54) is 39.1 Å². The molecule has 4 nitrogen and oxygen atoms in total. The van der Waals surface area contributed by atoms with Gasteiger partial charge < -0.3 is 4.42 Å². The van der Waals surface area contributed by atoms with E-state index >= 15 is 0 Å². The van der Waals surface area contributed by atoms with Gasteiger partial charge >= 0.3 is 0 Å². The highest BCUT2D eigenvalue weighted by molar-refractivity contribution is 6.13. The highest BCUT2D eigenvalue weighted by Crippen LogP contribution is 2.54. The first-order valence-electron chi connectivity index (χ1n) is 19.3. The topological polar surface area (TPSA) is 51.2 Å². The molecular formula is C50H52N3O+. The zero-order valence-electron chi connectivity index (χ0n) is 32.2. The molecule has 4 unspecified atom stereocenters. The van der Waals surface area contributed by atoms with Gasteiger partial charge in [-0.3, -0.25) is 15.8 Å². The van der Waals surface area contributed by atoms with Crippen molar-refractivity contribution >= 4 is 27.6 Å². The molecule has 2 aliphatic heterocycles. The molecule has 0 spiro atoms. The van der Waals surface area contributed by atoms with Gasteiger partial charge in [-0.1, -0.05) is 154 Å². The summed E-state index contributed by atoms with van der Waals surface area (Å²) in [5.74, 6) is 5.40. The lowest BCUT2D eigenvalue weighted by Crippen LogP contribution is -2.52. The SMILES string of the molecule is CC(C1=C[N+]2(C)c3ccc(-c4cccc5c4oc4c(-c6ccccc6)cccc45)cc3C2C=C1)c1ccccc1.CCC(C)NN.CCc1ccccc1. The van der Waals surface area contributed by atoms with Crippen LogP contribution in [0.4, 0.5) is 5.69 Å². The van der Waals surface area contributed by atoms with Crippen LogP contribution in [0.2, 0.25) is 0 Å². The molecule has 4 atom stereocenters. The fraction of sp³-hybridized carbons (Fsp3) is 0.200. The summed E-state index contributed by atoms with van der Waals surface area (Å²) in [6.45, 7) is 8.60. The van der Waals surface area contributed by atoms with E-state index in [9.17, 15) is 0 Å². The molecule has 0 saturated carbocycles. The first-order chi connectivity index (χ1) is 26.4. The van der Waals surface area contributed by atoms with Gasteiger partial charge in [-0.15, -0.1) is 0 Å². The Morgan fingerprint density at radius 1 is 0.685 bits per heavy atom. The Balaban J connectivity index is 0.000000273. The second-order valence-corrected chi connectivity index (χ2v) is 14.6. The minimum atomic E-state index is 0.334. The lowest BCUT2D eigenvalue weighted by atomic mass is 9.82. The second-order valence-electron chi connectivity index (χ2n) is 14.6. The van der Waals surface area contributed by atoms with Gasteiger partial charge in [0.2, 0.25) is 0 Å². The molecule has 4 heteroatoms. The summed E-state index contributed by atoms with van der Waals surface area (Å²) >= 11 is 0. The molecule has 0 amide bonds. The van der Waals surface area contributed by atoms with Crippen LogP contribution in [0.25, 0.3) is 44.2 Å². The number of nitrogens with zero attached hydrogens (tertiary/aromatic N) is 1. The summed E-state index contributed by atoms with van der Waals surface area (Å²) in [6.07, 6.45) is 9.42. The predicted octanol–water partition coefficient (Wildman–Crippen LogP) is 12.7. The normalized spacial score (nSPS) is 17.8. The first-order valence-corrected chi connectivity index (χ1v) is 19.3. The minimum absolute atomic E-state index is 0.334. The second kappa shape index (κ2) is 16.2. The predicted molar refractivity (Wildman–Crippen MR) is 230 cm³/mol. The van der Waals surface area contributed by atoms with Gasteiger partial charge in [0.05, 0.1) is 12.6 Å². The van der Waals surface area contributed by atoms with Crippen molar-refractivity contribution in [1.82, 2.24) is 9.91 Å². The minimum Gasteiger partial charge on any atom is -0.455 e. The maximum Gasteiger partial charge on any atom is 0.148 e. The molecule has 1 aromatic heterocycles. The molecule has 0 fully saturated rings. The van der Waals surface area contributed by atoms with Crippen LogP contribution in [0, 0.1) is 0 Å². The third-order valence-electron chi connectivity index (χ3n) is 11.2. The molecule has 0 radical (unpaired) electrons. The molecule has 6 aromatic carbocycles. The van der Waals surface area contributed by atoms with Crippen LogP contribution >= 0.6 is 0 Å². The Kier molecular flexibility index (Phi) is 11.1. The highest BCUT2D eigenvalue weighted by Gasteiger charge is 2.49. The van der Waals surface area contributed by atoms with Gasteiger partial charge in [-0.05, 0) is 60.2 Å². The number of para-hydroxylation sites is 2. The molecule has 0 saturated heterocycles. The van der Waals surface area contributed by atoms with E-state index in [2.05, 4.69) is 191 Å². The number of furan rings is 1. The van der Waals surface area contributed by atoms with Crippen LogP contribution in [0.3, 0.4) is 0 Å². The molecule has 0 bridgehead atoms. The third-order valence-corrected chi connectivity index (χ3v) is 11.2. The van der Waals surface area contributed by atoms with Crippen LogP contribution in [0.5, 0.6) is 0 Å². The number of nitrogens with one attached hydrogen (secondary N) is 1. The fourth-order valence-electron chi connectivity index (χ4n) is 7.67. The van der Waals surface area contributed by atoms with Gasteiger partial charge in [0.1, 0.15) is 29.1 Å². The van der Waals surface area contributed by atoms with Crippen LogP contribution in [0.1, 0.15) is 62.8 Å². The Labute approximate surface area is 320 Å². The van der Waals surface area contributed by atoms with Gasteiger partial charge in [0, 0.05) is 45.5 Å². The molecular weight excluding hydrogens is 659 g/mol. The van der Waals surface area contributed by atoms with E-state index in [4.69, 9.17) is 10.3 Å². The zero-order valence-corrected chi connectivity index (χ0v) is 32.2. The molecule has 0 aliphatic carbocycles. The largest absolute Gasteiger partial charge is 0.455 e. The fourth-order valence-corrected chi connectivity index (χ4v) is 7.67. The van der Waals surface area contributed by atoms with E-state index in [1.807, 2.05) is 13.0 Å². The number of benzene rings is 6. The summed E-state index contributed by atoms with van der Waals surface area (Å²) < 4.78 is 7.52. The maximum atomic E-state index is 6.69. The number of aryl methyl sites for hydroxylation is 1. The molecule has 7 aromatic rings. The van der Waals surface area contributed by atoms with Gasteiger partial charge in [-0.25, -0.2) is 0 Å². The van der Waals surface area contributed by atoms with Gasteiger partial charge in [-0.2, -0.15) is 0 Å². The van der Waals surface area contributed by atoms with Crippen molar-refractivity contribution in [2.75, 3.05) is 7.05 Å². The number of hydrogen-bond donors (Lipinski definition) is 2. The van der Waals surface area contributed by atoms with Crippen molar-refractivity contribution in [2.24, 2.45) is 5.84 Å². The number of quaternary nitrogens is 1. The number of hydrazine groups is 1. The van der Waals surface area contributed by atoms with E-state index in [-0.39, 0.29) is 0 Å². The summed E-state index contributed by atoms with van der Waals surface area (Å²) in [5.41, 5.74) is 16.1. The number of rotatable bonds is 7. The summed E-state index contributed by atoms with van der Waals surface area (Å²) in [7, 11) is 2.33. The van der Waals surface area contributed by atoms with E-state index in [0.29, 0.717) is 18.0 Å². The average molecular weight is 711 g/mol. The molecule has 9 rings (SSSR count). The smallest absolute Gasteiger partial charge is 0.148 e. The molecule has 2 aliphatic rings. The third kappa shape index (κ3) is 7.21. The van der Waals surface area contributed by atoms with Crippen molar-refractivity contribution in [3.63, 3.8) is 0 Å². The lowest BCUT2D eigenvalue weighted by molar-refractivity contribution is 0.321. The van der Waals surface area contributed by atoms with E-state index in [0.717, 1.165) is 50.4 Å². The van der Waals surface area contributed by atoms with Crippen molar-refractivity contribution in [3.05, 3.63) is 186 Å². The lowest BCUT2D eigenvalue weighted by Gasteiger charge is -2.48. The summed E-state index contributed by atoms with van der Waals surface area (Å²) in [5, 5.41) is 2.32. The maximum absolute atomic E-state index is 6.69. The zero-order chi connectivity index (χ0) is 37.7. The quantitative estimate of drug-likeness (QED) is 0.0983. The standard InChI is InChI=1S/C38H30NO.C8H10.C4H12N2/c1-25(26-11-5-3-6-12-26)29-20-22-36-34-23-28(19-21-35(34)39(36,2)24-29)31-16-10-18-33-32-17-9-15-30(37(32)40-38(31)33)27-13-7-4-8-14-27;1-2-8-6-4-3-5-7-8;1-3-4(2)6-5/h3-25,36H,1-2H3;3-7H,2H2,1H3;4,6H,3,5H2,1-2H3/q+1;;. The number of allylic oxidation sites excluding steroid dienone is 2. The Bertz CT molecular complexity index is 2390. The number of nitrogens with two attached hydrogens (primary N) is 1. The highest BCUT2D eigenvalue weighted by atomic mass is 16.3. The van der Waals surface area contributed by atoms with Crippen LogP contribution < -0.4 is 15.8 Å². The Morgan fingerprint density at radius 3 is 1.83 bits per heavy atom. The van der Waals surface area contributed by atoms with Crippen LogP contribution in [0.15, 0.2) is 174 Å². The molecule has 3 N–H and O–H groups in total. The molecule has 54 heavy (non-hydrogen) atoms. The first kappa shape index (κ1) is 36.8. The Morgan fingerprint density at radius 2 is 1.28 bits per heavy atom. The van der Waals surface area contributed by atoms with Crippen LogP contribution in [-0.2, 0) is 6.42 Å². The average Bonchev–Trinajstić information content (AvgIpc) is 3.63. The number of likely N-dealkylation sites (N-methyl/N-ethyl adjacent to an activating group) is 1. The van der Waals surface area contributed by atoms with Crippen LogP contribution in [-0.4, -0.2) is 13.1 Å². The Hall–Kier alpha value is -5.52. The molecule has 272 valence electrons. The monoisotopic (exact) mass is 710 g/mol. The van der Waals surface area contributed by atoms with E-state index < -0.39 is 0 Å². The van der Waals surface area contributed by atoms with E-state index in [1.54, 1.807) is 0 Å². The van der Waals surface area contributed by atoms with Crippen molar-refractivity contribution < 1.29 is 4.42 Å². The van der Waals surface area contributed by atoms with Gasteiger partial charge in [0.15, 0.2) is 0 Å². The number of fused-ring (bicyclic) bond motifs is 7. The number of hydrogen-bond acceptors (Lipinski definition) is 3. The van der Waals surface area contributed by atoms with Crippen molar-refractivity contribution in [1.29, 1.82) is 0 Å². The summed E-state index contributed by atoms with van der Waals surface area (Å²) in [4.78, 5) is 0. The summed E-state index contributed by atoms with van der Waals surface area (Å²) in [6, 6.07) is 52.5. The van der Waals surface area contributed by atoms with Gasteiger partial charge in [0.25, 0.3) is 0 Å². The van der Waals surface area contributed by atoms with Crippen molar-refractivity contribution in [3.8, 4) is 22.3 Å².